The van der Waals surface area contributed by atoms with Gasteiger partial charge in [0.2, 0.25) is 0 Å². The summed E-state index contributed by atoms with van der Waals surface area (Å²) in [5, 5.41) is 0.840. The molecule has 0 amide bonds. The monoisotopic (exact) mass is 237 g/mol. The fraction of sp³-hybridized carbons (Fsp3) is 0.571. The molecular weight excluding hydrogens is 218 g/mol. The van der Waals surface area contributed by atoms with Crippen LogP contribution in [0.2, 0.25) is 5.02 Å². The van der Waals surface area contributed by atoms with Crippen LogP contribution in [0.5, 0.6) is 0 Å². The second-order valence-electron chi connectivity index (χ2n) is 4.56. The highest BCUT2D eigenvalue weighted by Crippen LogP contribution is 2.28. The summed E-state index contributed by atoms with van der Waals surface area (Å²) in [5.41, 5.74) is 1.28. The summed E-state index contributed by atoms with van der Waals surface area (Å²) in [6.07, 6.45) is 6.83. The molecule has 2 heteroatoms. The molecule has 1 aliphatic carbocycles. The van der Waals surface area contributed by atoms with Crippen molar-refractivity contribution in [2.24, 2.45) is 0 Å². The number of rotatable bonds is 3. The number of benzene rings is 1. The van der Waals surface area contributed by atoms with E-state index in [4.69, 9.17) is 11.6 Å². The van der Waals surface area contributed by atoms with Gasteiger partial charge in [-0.1, -0.05) is 36.9 Å². The molecule has 0 unspecified atom stereocenters. The lowest BCUT2D eigenvalue weighted by atomic mass is 9.94. The number of halogens is 1. The summed E-state index contributed by atoms with van der Waals surface area (Å²) in [7, 11) is 0. The van der Waals surface area contributed by atoms with Crippen LogP contribution in [-0.2, 0) is 0 Å². The van der Waals surface area contributed by atoms with Gasteiger partial charge in [-0.25, -0.2) is 0 Å². The summed E-state index contributed by atoms with van der Waals surface area (Å²) >= 11 is 6.06. The Balaban J connectivity index is 2.14. The predicted octanol–water partition coefficient (Wildman–Crippen LogP) is 4.50. The van der Waals surface area contributed by atoms with Gasteiger partial charge in [0.25, 0.3) is 0 Å². The highest BCUT2D eigenvalue weighted by Gasteiger charge is 2.20. The minimum absolute atomic E-state index is 0.720. The zero-order chi connectivity index (χ0) is 11.4. The summed E-state index contributed by atoms with van der Waals surface area (Å²) in [5.74, 6) is 0. The van der Waals surface area contributed by atoms with Crippen LogP contribution in [-0.4, -0.2) is 12.6 Å². The molecule has 88 valence electrons. The van der Waals surface area contributed by atoms with Gasteiger partial charge in [0, 0.05) is 23.3 Å². The molecule has 0 N–H and O–H groups in total. The number of anilines is 1. The van der Waals surface area contributed by atoms with Crippen molar-refractivity contribution in [2.75, 3.05) is 11.4 Å². The second kappa shape index (κ2) is 5.58. The van der Waals surface area contributed by atoms with Crippen LogP contribution >= 0.6 is 11.6 Å². The molecule has 0 spiro atoms. The molecular formula is C14H20ClN. The van der Waals surface area contributed by atoms with Gasteiger partial charge in [-0.3, -0.25) is 0 Å². The Labute approximate surface area is 103 Å². The standard InChI is InChI=1S/C14H20ClN/c1-2-16(13-8-4-3-5-9-13)14-10-6-7-12(15)11-14/h6-7,10-11,13H,2-5,8-9H2,1H3. The van der Waals surface area contributed by atoms with Crippen molar-refractivity contribution in [1.82, 2.24) is 0 Å². The number of hydrogen-bond donors (Lipinski definition) is 0. The van der Waals surface area contributed by atoms with Crippen molar-refractivity contribution >= 4 is 17.3 Å². The summed E-state index contributed by atoms with van der Waals surface area (Å²) in [4.78, 5) is 2.50. The van der Waals surface area contributed by atoms with Crippen molar-refractivity contribution in [2.45, 2.75) is 45.1 Å². The van der Waals surface area contributed by atoms with Crippen LogP contribution in [0.4, 0.5) is 5.69 Å². The second-order valence-corrected chi connectivity index (χ2v) is 4.99. The minimum Gasteiger partial charge on any atom is -0.369 e. The van der Waals surface area contributed by atoms with Crippen molar-refractivity contribution in [1.29, 1.82) is 0 Å². The third kappa shape index (κ3) is 2.70. The van der Waals surface area contributed by atoms with Gasteiger partial charge < -0.3 is 4.90 Å². The Morgan fingerprint density at radius 1 is 1.25 bits per heavy atom. The fourth-order valence-corrected chi connectivity index (χ4v) is 2.88. The average molecular weight is 238 g/mol. The first-order valence-corrected chi connectivity index (χ1v) is 6.71. The van der Waals surface area contributed by atoms with E-state index in [-0.39, 0.29) is 0 Å². The summed E-state index contributed by atoms with van der Waals surface area (Å²) in [6, 6.07) is 8.96. The normalized spacial score (nSPS) is 17.4. The van der Waals surface area contributed by atoms with Crippen LogP contribution in [0.3, 0.4) is 0 Å². The van der Waals surface area contributed by atoms with Crippen molar-refractivity contribution in [3.63, 3.8) is 0 Å². The molecule has 1 nitrogen and oxygen atoms in total. The molecule has 1 fully saturated rings. The Morgan fingerprint density at radius 3 is 2.62 bits per heavy atom. The first-order valence-electron chi connectivity index (χ1n) is 6.33. The molecule has 1 saturated carbocycles. The van der Waals surface area contributed by atoms with E-state index in [2.05, 4.69) is 24.0 Å². The van der Waals surface area contributed by atoms with Crippen LogP contribution in [0.1, 0.15) is 39.0 Å². The van der Waals surface area contributed by atoms with Gasteiger partial charge in [-0.2, -0.15) is 0 Å². The maximum Gasteiger partial charge on any atom is 0.0426 e. The van der Waals surface area contributed by atoms with Gasteiger partial charge in [0.05, 0.1) is 0 Å². The van der Waals surface area contributed by atoms with Crippen LogP contribution in [0.15, 0.2) is 24.3 Å². The molecule has 16 heavy (non-hydrogen) atoms. The third-order valence-corrected chi connectivity index (χ3v) is 3.73. The minimum atomic E-state index is 0.720. The van der Waals surface area contributed by atoms with Gasteiger partial charge in [-0.15, -0.1) is 0 Å². The van der Waals surface area contributed by atoms with E-state index >= 15 is 0 Å². The number of hydrogen-bond acceptors (Lipinski definition) is 1. The maximum atomic E-state index is 6.06. The van der Waals surface area contributed by atoms with Crippen molar-refractivity contribution < 1.29 is 0 Å². The zero-order valence-corrected chi connectivity index (χ0v) is 10.7. The molecule has 0 aromatic heterocycles. The molecule has 2 rings (SSSR count). The van der Waals surface area contributed by atoms with E-state index < -0.39 is 0 Å². The molecule has 1 aromatic carbocycles. The summed E-state index contributed by atoms with van der Waals surface area (Å²) in [6.45, 7) is 3.31. The molecule has 0 bridgehead atoms. The lowest BCUT2D eigenvalue weighted by Gasteiger charge is -2.35. The van der Waals surface area contributed by atoms with Crippen LogP contribution in [0, 0.1) is 0 Å². The Bertz CT molecular complexity index is 331. The quantitative estimate of drug-likeness (QED) is 0.748. The molecule has 0 heterocycles. The average Bonchev–Trinajstić information content (AvgIpc) is 2.31. The van der Waals surface area contributed by atoms with Gasteiger partial charge in [0.15, 0.2) is 0 Å². The first-order chi connectivity index (χ1) is 7.81. The SMILES string of the molecule is CCN(c1cccc(Cl)c1)C1CCCCC1. The highest BCUT2D eigenvalue weighted by atomic mass is 35.5. The molecule has 1 aliphatic rings. The van der Waals surface area contributed by atoms with E-state index in [1.165, 1.54) is 37.8 Å². The molecule has 1 aromatic rings. The smallest absolute Gasteiger partial charge is 0.0426 e. The van der Waals surface area contributed by atoms with E-state index in [1.807, 2.05) is 12.1 Å². The van der Waals surface area contributed by atoms with Crippen LogP contribution < -0.4 is 4.90 Å². The van der Waals surface area contributed by atoms with Crippen LogP contribution in [0.25, 0.3) is 0 Å². The van der Waals surface area contributed by atoms with Gasteiger partial charge in [0.1, 0.15) is 0 Å². The Hall–Kier alpha value is -0.690. The maximum absolute atomic E-state index is 6.06. The van der Waals surface area contributed by atoms with Gasteiger partial charge in [-0.05, 0) is 38.0 Å². The molecule has 0 aliphatic heterocycles. The third-order valence-electron chi connectivity index (χ3n) is 3.50. The van der Waals surface area contributed by atoms with Crippen molar-refractivity contribution in [3.05, 3.63) is 29.3 Å². The number of nitrogens with zero attached hydrogens (tertiary/aromatic N) is 1. The first kappa shape index (κ1) is 11.8. The topological polar surface area (TPSA) is 3.24 Å². The fourth-order valence-electron chi connectivity index (χ4n) is 2.70. The van der Waals surface area contributed by atoms with Crippen molar-refractivity contribution in [3.8, 4) is 0 Å². The highest BCUT2D eigenvalue weighted by molar-refractivity contribution is 6.30. The molecule has 0 atom stereocenters. The van der Waals surface area contributed by atoms with E-state index in [0.29, 0.717) is 0 Å². The predicted molar refractivity (Wildman–Crippen MR) is 71.3 cm³/mol. The van der Waals surface area contributed by atoms with E-state index in [0.717, 1.165) is 17.6 Å². The molecule has 0 radical (unpaired) electrons. The Kier molecular flexibility index (Phi) is 4.11. The lowest BCUT2D eigenvalue weighted by Crippen LogP contribution is -2.36. The molecule has 0 saturated heterocycles. The van der Waals surface area contributed by atoms with E-state index in [1.54, 1.807) is 0 Å². The van der Waals surface area contributed by atoms with E-state index in [9.17, 15) is 0 Å². The largest absolute Gasteiger partial charge is 0.369 e. The Morgan fingerprint density at radius 2 is 2.00 bits per heavy atom. The summed E-state index contributed by atoms with van der Waals surface area (Å²) < 4.78 is 0. The van der Waals surface area contributed by atoms with Gasteiger partial charge >= 0.3 is 0 Å². The lowest BCUT2D eigenvalue weighted by molar-refractivity contribution is 0.418. The zero-order valence-electron chi connectivity index (χ0n) is 9.95.